The van der Waals surface area contributed by atoms with Crippen LogP contribution in [0.25, 0.3) is 5.52 Å². The molecule has 3 heterocycles. The first kappa shape index (κ1) is 19.9. The van der Waals surface area contributed by atoms with Gasteiger partial charge in [0.25, 0.3) is 0 Å². The molecule has 2 unspecified atom stereocenters. The molecule has 3 rings (SSSR count). The average molecular weight is 375 g/mol. The summed E-state index contributed by atoms with van der Waals surface area (Å²) >= 11 is 0. The van der Waals surface area contributed by atoms with Gasteiger partial charge in [-0.15, -0.1) is 11.5 Å². The van der Waals surface area contributed by atoms with Crippen molar-refractivity contribution in [3.05, 3.63) is 23.3 Å². The van der Waals surface area contributed by atoms with Gasteiger partial charge < -0.3 is 11.1 Å². The SMILES string of the molecule is C#Cc1c(F)c2cnc(N)nn2c1C(C)C(F)(F)F.FC1CCCNC1. The molecule has 0 radical (unpaired) electrons. The Morgan fingerprint density at radius 3 is 2.62 bits per heavy atom. The van der Waals surface area contributed by atoms with Crippen LogP contribution in [0.2, 0.25) is 0 Å². The van der Waals surface area contributed by atoms with Gasteiger partial charge in [-0.25, -0.2) is 18.3 Å². The smallest absolute Gasteiger partial charge is 0.367 e. The lowest BCUT2D eigenvalue weighted by Crippen LogP contribution is -2.30. The molecule has 0 bridgehead atoms. The second kappa shape index (κ2) is 7.86. The fourth-order valence-electron chi connectivity index (χ4n) is 2.55. The van der Waals surface area contributed by atoms with E-state index in [4.69, 9.17) is 12.2 Å². The molecule has 2 aromatic heterocycles. The van der Waals surface area contributed by atoms with Crippen molar-refractivity contribution in [3.8, 4) is 12.3 Å². The second-order valence-electron chi connectivity index (χ2n) is 5.84. The summed E-state index contributed by atoms with van der Waals surface area (Å²) in [7, 11) is 0. The molecule has 2 atom stereocenters. The Morgan fingerprint density at radius 1 is 1.46 bits per heavy atom. The molecule has 0 aromatic carbocycles. The summed E-state index contributed by atoms with van der Waals surface area (Å²) in [4.78, 5) is 3.53. The number of alkyl halides is 4. The Labute approximate surface area is 146 Å². The molecular formula is C16H18F5N5. The Kier molecular flexibility index (Phi) is 6.02. The van der Waals surface area contributed by atoms with Crippen LogP contribution in [0.3, 0.4) is 0 Å². The number of nitrogens with one attached hydrogen (secondary N) is 1. The van der Waals surface area contributed by atoms with Crippen LogP contribution in [0, 0.1) is 18.2 Å². The molecule has 26 heavy (non-hydrogen) atoms. The Hall–Kier alpha value is -2.41. The first-order chi connectivity index (χ1) is 12.2. The van der Waals surface area contributed by atoms with E-state index in [1.165, 1.54) is 0 Å². The summed E-state index contributed by atoms with van der Waals surface area (Å²) in [5.41, 5.74) is 4.12. The zero-order valence-corrected chi connectivity index (χ0v) is 13.9. The number of halogens is 5. The molecule has 142 valence electrons. The minimum absolute atomic E-state index is 0.242. The molecule has 10 heteroatoms. The van der Waals surface area contributed by atoms with Gasteiger partial charge in [-0.1, -0.05) is 5.92 Å². The van der Waals surface area contributed by atoms with Crippen molar-refractivity contribution in [2.75, 3.05) is 18.8 Å². The number of nitrogens with zero attached hydrogens (tertiary/aromatic N) is 3. The van der Waals surface area contributed by atoms with Gasteiger partial charge in [-0.2, -0.15) is 13.2 Å². The number of anilines is 1. The van der Waals surface area contributed by atoms with E-state index in [-0.39, 0.29) is 11.5 Å². The summed E-state index contributed by atoms with van der Waals surface area (Å²) in [5.74, 6) is -1.30. The number of aromatic nitrogens is 3. The number of nitrogens with two attached hydrogens (primary N) is 1. The third kappa shape index (κ3) is 4.22. The summed E-state index contributed by atoms with van der Waals surface area (Å²) in [6.07, 6.45) is 2.68. The van der Waals surface area contributed by atoms with Gasteiger partial charge >= 0.3 is 6.18 Å². The Morgan fingerprint density at radius 2 is 2.15 bits per heavy atom. The first-order valence-electron chi connectivity index (χ1n) is 7.87. The van der Waals surface area contributed by atoms with E-state index >= 15 is 0 Å². The standard InChI is InChI=1S/C11H8F4N4.C5H10FN/c1-3-6-8(12)7-4-17-10(16)18-19(7)9(6)5(2)11(13,14)15;6-5-2-1-3-7-4-5/h1,4-5H,2H3,(H2,16,18);5,7H,1-4H2. The zero-order valence-electron chi connectivity index (χ0n) is 13.9. The Balaban J connectivity index is 0.000000290. The number of piperidine rings is 1. The molecule has 2 aromatic rings. The largest absolute Gasteiger partial charge is 0.397 e. The number of rotatable bonds is 1. The third-order valence-corrected chi connectivity index (χ3v) is 3.96. The van der Waals surface area contributed by atoms with Gasteiger partial charge in [0, 0.05) is 6.54 Å². The molecule has 0 saturated carbocycles. The third-order valence-electron chi connectivity index (χ3n) is 3.96. The van der Waals surface area contributed by atoms with Crippen LogP contribution in [0.1, 0.15) is 36.9 Å². The molecule has 3 N–H and O–H groups in total. The fourth-order valence-corrected chi connectivity index (χ4v) is 2.55. The normalized spacial score (nSPS) is 18.7. The van der Waals surface area contributed by atoms with Crippen LogP contribution < -0.4 is 11.1 Å². The van der Waals surface area contributed by atoms with E-state index in [0.29, 0.717) is 6.54 Å². The van der Waals surface area contributed by atoms with E-state index in [1.807, 2.05) is 5.92 Å². The van der Waals surface area contributed by atoms with Crippen LogP contribution >= 0.6 is 0 Å². The molecule has 0 amide bonds. The van der Waals surface area contributed by atoms with Crippen LogP contribution in [0.15, 0.2) is 6.20 Å². The number of fused-ring (bicyclic) bond motifs is 1. The van der Waals surface area contributed by atoms with Crippen molar-refractivity contribution in [2.24, 2.45) is 0 Å². The van der Waals surface area contributed by atoms with Crippen LogP contribution in [0.5, 0.6) is 0 Å². The van der Waals surface area contributed by atoms with E-state index in [0.717, 1.165) is 37.0 Å². The fraction of sp³-hybridized carbons (Fsp3) is 0.500. The van der Waals surface area contributed by atoms with Crippen molar-refractivity contribution in [1.82, 2.24) is 19.9 Å². The summed E-state index contributed by atoms with van der Waals surface area (Å²) in [5, 5.41) is 6.55. The second-order valence-corrected chi connectivity index (χ2v) is 5.84. The summed E-state index contributed by atoms with van der Waals surface area (Å²) < 4.78 is 65.2. The molecule has 5 nitrogen and oxygen atoms in total. The van der Waals surface area contributed by atoms with Gasteiger partial charge in [-0.3, -0.25) is 0 Å². The predicted octanol–water partition coefficient (Wildman–Crippen LogP) is 2.81. The highest BCUT2D eigenvalue weighted by Crippen LogP contribution is 2.37. The highest BCUT2D eigenvalue weighted by molar-refractivity contribution is 5.59. The number of hydrogen-bond donors (Lipinski definition) is 2. The average Bonchev–Trinajstić information content (AvgIpc) is 2.85. The Bertz CT molecular complexity index is 802. The lowest BCUT2D eigenvalue weighted by Gasteiger charge is -2.15. The van der Waals surface area contributed by atoms with Crippen molar-refractivity contribution in [1.29, 1.82) is 0 Å². The van der Waals surface area contributed by atoms with Gasteiger partial charge in [0.05, 0.1) is 23.4 Å². The van der Waals surface area contributed by atoms with Crippen molar-refractivity contribution < 1.29 is 22.0 Å². The lowest BCUT2D eigenvalue weighted by atomic mass is 10.0. The highest BCUT2D eigenvalue weighted by atomic mass is 19.4. The summed E-state index contributed by atoms with van der Waals surface area (Å²) in [6.45, 7) is 2.45. The van der Waals surface area contributed by atoms with Crippen molar-refractivity contribution >= 4 is 11.5 Å². The highest BCUT2D eigenvalue weighted by Gasteiger charge is 2.41. The lowest BCUT2D eigenvalue weighted by molar-refractivity contribution is -0.147. The van der Waals surface area contributed by atoms with Crippen molar-refractivity contribution in [3.63, 3.8) is 0 Å². The van der Waals surface area contributed by atoms with E-state index < -0.39 is 35.3 Å². The monoisotopic (exact) mass is 375 g/mol. The molecule has 1 aliphatic heterocycles. The van der Waals surface area contributed by atoms with Crippen molar-refractivity contribution in [2.45, 2.75) is 38.0 Å². The predicted molar refractivity (Wildman–Crippen MR) is 86.8 cm³/mol. The topological polar surface area (TPSA) is 68.2 Å². The molecule has 1 aliphatic rings. The maximum Gasteiger partial charge on any atom is 0.397 e. The maximum atomic E-state index is 13.9. The molecule has 1 fully saturated rings. The van der Waals surface area contributed by atoms with Gasteiger partial charge in [0.15, 0.2) is 5.82 Å². The first-order valence-corrected chi connectivity index (χ1v) is 7.87. The minimum Gasteiger partial charge on any atom is -0.367 e. The molecule has 1 saturated heterocycles. The van der Waals surface area contributed by atoms with E-state index in [2.05, 4.69) is 15.4 Å². The molecule has 0 aliphatic carbocycles. The van der Waals surface area contributed by atoms with E-state index in [1.54, 1.807) is 0 Å². The number of hydrogen-bond acceptors (Lipinski definition) is 4. The number of terminal acetylenes is 1. The van der Waals surface area contributed by atoms with E-state index in [9.17, 15) is 22.0 Å². The van der Waals surface area contributed by atoms with Gasteiger partial charge in [-0.05, 0) is 26.3 Å². The molecule has 0 spiro atoms. The van der Waals surface area contributed by atoms with Gasteiger partial charge in [0.1, 0.15) is 11.7 Å². The number of nitrogen functional groups attached to an aromatic ring is 1. The minimum atomic E-state index is -4.58. The summed E-state index contributed by atoms with van der Waals surface area (Å²) in [6, 6.07) is 0. The van der Waals surface area contributed by atoms with Crippen LogP contribution in [-0.2, 0) is 0 Å². The maximum absolute atomic E-state index is 13.9. The quantitative estimate of drug-likeness (QED) is 0.594. The molecular weight excluding hydrogens is 357 g/mol. The zero-order chi connectivity index (χ0) is 19.5. The van der Waals surface area contributed by atoms with Gasteiger partial charge in [0.2, 0.25) is 5.95 Å². The van der Waals surface area contributed by atoms with Crippen LogP contribution in [0.4, 0.5) is 27.9 Å². The van der Waals surface area contributed by atoms with Crippen LogP contribution in [-0.4, -0.2) is 40.0 Å².